The highest BCUT2D eigenvalue weighted by Crippen LogP contribution is 2.40. The average molecular weight is 511 g/mol. The van der Waals surface area contributed by atoms with E-state index in [1.165, 1.54) is 0 Å². The summed E-state index contributed by atoms with van der Waals surface area (Å²) in [4.78, 5) is 33.3. The average Bonchev–Trinajstić information content (AvgIpc) is 2.96. The third kappa shape index (κ3) is 4.88. The number of nitrogens with zero attached hydrogens (tertiary/aromatic N) is 2. The van der Waals surface area contributed by atoms with Crippen LogP contribution in [0.25, 0.3) is 0 Å². The molecular weight excluding hydrogens is 476 g/mol. The standard InChI is InChI=1S/C31H34N4O3/c1-3-31(4-2)20-27(36)35(30(32)34-31)25-17-18-38-26-16-15-23(19-24(25)26)29(37)33-28(21-11-7-5-8-12-21)22-13-9-6-10-14-22/h5-16,19,25,28H,3-4,17-18,20H2,1-2H3,(H2,32,34)(H,33,37)/t25-/m1/s1. The van der Waals surface area contributed by atoms with Crippen molar-refractivity contribution in [2.24, 2.45) is 10.7 Å². The van der Waals surface area contributed by atoms with Crippen LogP contribution in [0.1, 0.15) is 78.7 Å². The lowest BCUT2D eigenvalue weighted by Crippen LogP contribution is -2.53. The molecule has 0 fully saturated rings. The largest absolute Gasteiger partial charge is 0.493 e. The highest BCUT2D eigenvalue weighted by atomic mass is 16.5. The number of fused-ring (bicyclic) bond motifs is 1. The van der Waals surface area contributed by atoms with E-state index in [0.717, 1.165) is 29.5 Å². The lowest BCUT2D eigenvalue weighted by atomic mass is 9.87. The molecule has 2 amide bonds. The summed E-state index contributed by atoms with van der Waals surface area (Å²) in [5.74, 6) is 0.648. The Balaban J connectivity index is 1.46. The van der Waals surface area contributed by atoms with Crippen LogP contribution < -0.4 is 15.8 Å². The topological polar surface area (TPSA) is 97.0 Å². The molecule has 2 heterocycles. The first-order valence-corrected chi connectivity index (χ1v) is 13.3. The fourth-order valence-electron chi connectivity index (χ4n) is 5.47. The Kier molecular flexibility index (Phi) is 7.18. The number of carbonyl (C=O) groups is 2. The molecule has 2 aliphatic rings. The molecule has 3 N–H and O–H groups in total. The molecule has 2 aliphatic heterocycles. The summed E-state index contributed by atoms with van der Waals surface area (Å²) in [6, 6.07) is 24.5. The van der Waals surface area contributed by atoms with Crippen molar-refractivity contribution in [2.45, 2.75) is 57.2 Å². The summed E-state index contributed by atoms with van der Waals surface area (Å²) < 4.78 is 5.90. The van der Waals surface area contributed by atoms with Gasteiger partial charge in [-0.1, -0.05) is 74.5 Å². The van der Waals surface area contributed by atoms with Crippen LogP contribution in [0, 0.1) is 0 Å². The van der Waals surface area contributed by atoms with Crippen molar-refractivity contribution in [3.63, 3.8) is 0 Å². The predicted octanol–water partition coefficient (Wildman–Crippen LogP) is 5.14. The van der Waals surface area contributed by atoms with E-state index < -0.39 is 5.54 Å². The molecule has 0 aromatic heterocycles. The summed E-state index contributed by atoms with van der Waals surface area (Å²) in [5, 5.41) is 3.20. The molecule has 38 heavy (non-hydrogen) atoms. The fourth-order valence-corrected chi connectivity index (χ4v) is 5.47. The molecule has 0 saturated heterocycles. The van der Waals surface area contributed by atoms with Gasteiger partial charge in [0.05, 0.1) is 30.7 Å². The lowest BCUT2D eigenvalue weighted by Gasteiger charge is -2.41. The highest BCUT2D eigenvalue weighted by Gasteiger charge is 2.41. The van der Waals surface area contributed by atoms with Crippen molar-refractivity contribution in [1.29, 1.82) is 0 Å². The molecule has 5 rings (SSSR count). The molecule has 0 aliphatic carbocycles. The number of benzene rings is 3. The SMILES string of the molecule is CCC1(CC)CC(=O)N([C@@H]2CCOc3ccc(C(=O)NC(c4ccccc4)c4ccccc4)cc32)C(N)=N1. The van der Waals surface area contributed by atoms with E-state index in [0.29, 0.717) is 30.8 Å². The first-order valence-electron chi connectivity index (χ1n) is 13.3. The second kappa shape index (κ2) is 10.7. The van der Waals surface area contributed by atoms with Crippen LogP contribution >= 0.6 is 0 Å². The second-order valence-electron chi connectivity index (χ2n) is 9.98. The number of hydrogen-bond acceptors (Lipinski definition) is 5. The third-order valence-corrected chi connectivity index (χ3v) is 7.80. The fraction of sp³-hybridized carbons (Fsp3) is 0.323. The number of aliphatic imine (C=N–C) groups is 1. The number of ether oxygens (including phenoxy) is 1. The molecule has 0 unspecified atom stereocenters. The lowest BCUT2D eigenvalue weighted by molar-refractivity contribution is -0.132. The van der Waals surface area contributed by atoms with E-state index in [1.807, 2.05) is 80.6 Å². The van der Waals surface area contributed by atoms with Crippen molar-refractivity contribution < 1.29 is 14.3 Å². The van der Waals surface area contributed by atoms with E-state index in [4.69, 9.17) is 15.5 Å². The molecule has 196 valence electrons. The van der Waals surface area contributed by atoms with Crippen LogP contribution in [0.15, 0.2) is 83.9 Å². The zero-order valence-electron chi connectivity index (χ0n) is 21.9. The van der Waals surface area contributed by atoms with Crippen molar-refractivity contribution in [2.75, 3.05) is 6.61 Å². The van der Waals surface area contributed by atoms with Gasteiger partial charge in [-0.3, -0.25) is 14.5 Å². The molecule has 1 atom stereocenters. The maximum Gasteiger partial charge on any atom is 0.252 e. The quantitative estimate of drug-likeness (QED) is 0.460. The van der Waals surface area contributed by atoms with E-state index in [2.05, 4.69) is 5.32 Å². The predicted molar refractivity (Wildman–Crippen MR) is 148 cm³/mol. The summed E-state index contributed by atoms with van der Waals surface area (Å²) in [5.41, 5.74) is 9.21. The first-order chi connectivity index (χ1) is 18.4. The van der Waals surface area contributed by atoms with Gasteiger partial charge in [0, 0.05) is 17.5 Å². The van der Waals surface area contributed by atoms with E-state index in [9.17, 15) is 9.59 Å². The van der Waals surface area contributed by atoms with Gasteiger partial charge in [0.2, 0.25) is 5.91 Å². The maximum atomic E-state index is 13.6. The van der Waals surface area contributed by atoms with Gasteiger partial charge in [-0.15, -0.1) is 0 Å². The molecule has 3 aromatic carbocycles. The zero-order chi connectivity index (χ0) is 26.7. The Morgan fingerprint density at radius 2 is 1.68 bits per heavy atom. The molecule has 7 heteroatoms. The van der Waals surface area contributed by atoms with E-state index in [-0.39, 0.29) is 29.9 Å². The summed E-state index contributed by atoms with van der Waals surface area (Å²) >= 11 is 0. The van der Waals surface area contributed by atoms with Gasteiger partial charge in [-0.2, -0.15) is 0 Å². The van der Waals surface area contributed by atoms with Crippen molar-refractivity contribution >= 4 is 17.8 Å². The molecule has 0 saturated carbocycles. The first kappa shape index (κ1) is 25.5. The Bertz CT molecular complexity index is 1300. The zero-order valence-corrected chi connectivity index (χ0v) is 21.9. The Morgan fingerprint density at radius 3 is 2.26 bits per heavy atom. The number of amides is 2. The molecule has 7 nitrogen and oxygen atoms in total. The van der Waals surface area contributed by atoms with Crippen molar-refractivity contribution in [3.05, 3.63) is 101 Å². The van der Waals surface area contributed by atoms with Gasteiger partial charge >= 0.3 is 0 Å². The van der Waals surface area contributed by atoms with E-state index >= 15 is 0 Å². The monoisotopic (exact) mass is 510 g/mol. The summed E-state index contributed by atoms with van der Waals surface area (Å²) in [6.45, 7) is 4.53. The molecule has 3 aromatic rings. The normalized spacial score (nSPS) is 18.4. The van der Waals surface area contributed by atoms with Gasteiger partial charge in [0.25, 0.3) is 5.91 Å². The molecule has 0 bridgehead atoms. The Hall–Kier alpha value is -4.13. The van der Waals surface area contributed by atoms with Gasteiger partial charge in [0.1, 0.15) is 5.75 Å². The third-order valence-electron chi connectivity index (χ3n) is 7.80. The van der Waals surface area contributed by atoms with Gasteiger partial charge in [0.15, 0.2) is 5.96 Å². The van der Waals surface area contributed by atoms with Crippen LogP contribution in [-0.4, -0.2) is 34.8 Å². The minimum atomic E-state index is -0.447. The summed E-state index contributed by atoms with van der Waals surface area (Å²) in [7, 11) is 0. The van der Waals surface area contributed by atoms with Crippen LogP contribution in [0.2, 0.25) is 0 Å². The van der Waals surface area contributed by atoms with Gasteiger partial charge in [-0.05, 0) is 42.2 Å². The number of nitrogens with one attached hydrogen (secondary N) is 1. The number of hydrogen-bond donors (Lipinski definition) is 2. The van der Waals surface area contributed by atoms with E-state index in [1.54, 1.807) is 17.0 Å². The molecular formula is C31H34N4O3. The highest BCUT2D eigenvalue weighted by molar-refractivity contribution is 6.00. The van der Waals surface area contributed by atoms with Crippen molar-refractivity contribution in [1.82, 2.24) is 10.2 Å². The number of guanidine groups is 1. The minimum absolute atomic E-state index is 0.0397. The van der Waals surface area contributed by atoms with Crippen LogP contribution in [0.4, 0.5) is 0 Å². The summed E-state index contributed by atoms with van der Waals surface area (Å²) in [6.07, 6.45) is 2.40. The van der Waals surface area contributed by atoms with Crippen molar-refractivity contribution in [3.8, 4) is 5.75 Å². The molecule has 0 spiro atoms. The minimum Gasteiger partial charge on any atom is -0.493 e. The van der Waals surface area contributed by atoms with Gasteiger partial charge in [-0.25, -0.2) is 4.99 Å². The van der Waals surface area contributed by atoms with Gasteiger partial charge < -0.3 is 15.8 Å². The number of carbonyl (C=O) groups excluding carboxylic acids is 2. The maximum absolute atomic E-state index is 13.6. The second-order valence-corrected chi connectivity index (χ2v) is 9.98. The smallest absolute Gasteiger partial charge is 0.252 e. The number of nitrogens with two attached hydrogens (primary N) is 1. The van der Waals surface area contributed by atoms with Crippen LogP contribution in [0.3, 0.4) is 0 Å². The van der Waals surface area contributed by atoms with Crippen LogP contribution in [-0.2, 0) is 4.79 Å². The number of rotatable bonds is 7. The Morgan fingerprint density at radius 1 is 1.05 bits per heavy atom. The van der Waals surface area contributed by atoms with Crippen LogP contribution in [0.5, 0.6) is 5.75 Å². The Labute approximate surface area is 223 Å². The molecule has 0 radical (unpaired) electrons.